The van der Waals surface area contributed by atoms with E-state index in [-0.39, 0.29) is 6.15 Å². The van der Waals surface area contributed by atoms with Crippen molar-refractivity contribution in [1.82, 2.24) is 6.15 Å². The molecule has 0 aromatic rings. The average molecular weight is 145 g/mol. The number of hydrogen-bond donors (Lipinski definition) is 1. The van der Waals surface area contributed by atoms with E-state index in [0.29, 0.717) is 0 Å². The fraction of sp³-hybridized carbons (Fsp3) is 0.600. The quantitative estimate of drug-likeness (QED) is 0.360. The van der Waals surface area contributed by atoms with Crippen molar-refractivity contribution in [1.29, 1.82) is 0 Å². The summed E-state index contributed by atoms with van der Waals surface area (Å²) in [5.41, 5.74) is 2.03. The van der Waals surface area contributed by atoms with E-state index in [1.165, 1.54) is 13.8 Å². The van der Waals surface area contributed by atoms with E-state index in [2.05, 4.69) is 11.3 Å². The molecule has 0 aliphatic heterocycles. The minimum Gasteiger partial charge on any atom is -0.369 e. The van der Waals surface area contributed by atoms with Gasteiger partial charge in [-0.25, -0.2) is 0 Å². The molecular formula is C5H11N3O2. The van der Waals surface area contributed by atoms with Gasteiger partial charge in [0.1, 0.15) is 0 Å². The summed E-state index contributed by atoms with van der Waals surface area (Å²) >= 11 is 0. The highest BCUT2D eigenvalue weighted by atomic mass is 16.7. The normalized spacial score (nSPS) is 8.90. The smallest absolute Gasteiger partial charge is 0.00454 e. The zero-order chi connectivity index (χ0) is 7.49. The van der Waals surface area contributed by atoms with Crippen molar-refractivity contribution in [3.63, 3.8) is 0 Å². The second-order valence-corrected chi connectivity index (χ2v) is 2.04. The monoisotopic (exact) mass is 145 g/mol. The highest BCUT2D eigenvalue weighted by molar-refractivity contribution is 5.15. The molecule has 0 fully saturated rings. The predicted octanol–water partition coefficient (Wildman–Crippen LogP) is 1.34. The van der Waals surface area contributed by atoms with E-state index in [1.807, 2.05) is 0 Å². The lowest BCUT2D eigenvalue weighted by atomic mass is 10.1. The van der Waals surface area contributed by atoms with Crippen LogP contribution in [-0.4, -0.2) is 10.6 Å². The first-order valence-corrected chi connectivity index (χ1v) is 2.33. The minimum atomic E-state index is -0.983. The number of terminal acetylenes is 1. The molecule has 0 spiro atoms. The van der Waals surface area contributed by atoms with Crippen LogP contribution in [0.15, 0.2) is 0 Å². The van der Waals surface area contributed by atoms with Gasteiger partial charge in [-0.2, -0.15) is 0 Å². The molecule has 0 aliphatic rings. The fourth-order valence-corrected chi connectivity index (χ4v) is 0.233. The number of rotatable bonds is 2. The molecule has 0 saturated carbocycles. The molecule has 0 rings (SSSR count). The van der Waals surface area contributed by atoms with Crippen LogP contribution < -0.4 is 6.15 Å². The number of nitro groups is 1. The van der Waals surface area contributed by atoms with Gasteiger partial charge in [0, 0.05) is 5.54 Å². The first-order valence-electron chi connectivity index (χ1n) is 2.33. The van der Waals surface area contributed by atoms with Gasteiger partial charge in [0.25, 0.3) is 0 Å². The zero-order valence-corrected chi connectivity index (χ0v) is 6.29. The van der Waals surface area contributed by atoms with Crippen molar-refractivity contribution >= 4 is 0 Å². The summed E-state index contributed by atoms with van der Waals surface area (Å²) in [6.07, 6.45) is 4.91. The van der Waals surface area contributed by atoms with E-state index in [4.69, 9.17) is 6.42 Å². The van der Waals surface area contributed by atoms with Crippen molar-refractivity contribution in [3.8, 4) is 12.3 Å². The maximum atomic E-state index is 9.72. The Morgan fingerprint density at radius 2 is 2.10 bits per heavy atom. The topological polar surface area (TPSA) is 93.7 Å². The third-order valence-electron chi connectivity index (χ3n) is 0.685. The Balaban J connectivity index is 0. The van der Waals surface area contributed by atoms with Crippen LogP contribution in [0.2, 0.25) is 0 Å². The first kappa shape index (κ1) is 11.5. The molecule has 0 aliphatic carbocycles. The fourth-order valence-electron chi connectivity index (χ4n) is 0.233. The standard InChI is InChI=1S/C5H7N2O2.H3N/c1-4-5(2,3)6-7(8)9;/h1H,2-3H3;1H3/q-1;/p+1. The molecule has 10 heavy (non-hydrogen) atoms. The maximum absolute atomic E-state index is 9.72. The van der Waals surface area contributed by atoms with Gasteiger partial charge in [-0.1, -0.05) is 13.8 Å². The van der Waals surface area contributed by atoms with Gasteiger partial charge >= 0.3 is 0 Å². The Morgan fingerprint density at radius 3 is 2.20 bits per heavy atom. The van der Waals surface area contributed by atoms with Gasteiger partial charge < -0.3 is 11.6 Å². The average Bonchev–Trinajstić information content (AvgIpc) is 1.63. The Hall–Kier alpha value is -1.28. The molecule has 5 heteroatoms. The molecule has 0 saturated heterocycles. The van der Waals surface area contributed by atoms with Gasteiger partial charge in [0.2, 0.25) is 0 Å². The van der Waals surface area contributed by atoms with Crippen LogP contribution in [0.4, 0.5) is 0 Å². The SMILES string of the molecule is C#CC(C)(C)[N-][N+](=O)[O-].[NH4+]. The van der Waals surface area contributed by atoms with Crippen LogP contribution in [0.3, 0.4) is 0 Å². The maximum Gasteiger partial charge on any atom is 0.00454 e. The largest absolute Gasteiger partial charge is 0.369 e. The summed E-state index contributed by atoms with van der Waals surface area (Å²) in [6.45, 7) is 2.99. The summed E-state index contributed by atoms with van der Waals surface area (Å²) in [6, 6.07) is 0. The molecule has 0 aromatic heterocycles. The van der Waals surface area contributed by atoms with Gasteiger partial charge in [-0.05, 0) is 5.03 Å². The first-order chi connectivity index (χ1) is 3.98. The van der Waals surface area contributed by atoms with Crippen LogP contribution in [0.1, 0.15) is 13.8 Å². The van der Waals surface area contributed by atoms with Crippen LogP contribution in [-0.2, 0) is 0 Å². The molecule has 0 aromatic carbocycles. The van der Waals surface area contributed by atoms with E-state index >= 15 is 0 Å². The van der Waals surface area contributed by atoms with Gasteiger partial charge in [0.15, 0.2) is 0 Å². The van der Waals surface area contributed by atoms with E-state index in [1.54, 1.807) is 0 Å². The summed E-state index contributed by atoms with van der Waals surface area (Å²) in [7, 11) is 0. The molecule has 0 bridgehead atoms. The molecule has 4 N–H and O–H groups in total. The van der Waals surface area contributed by atoms with Crippen molar-refractivity contribution in [2.75, 3.05) is 0 Å². The number of hydrogen-bond acceptors (Lipinski definition) is 2. The lowest BCUT2D eigenvalue weighted by Gasteiger charge is -2.24. The van der Waals surface area contributed by atoms with E-state index < -0.39 is 10.6 Å². The third kappa shape index (κ3) is 4.87. The zero-order valence-electron chi connectivity index (χ0n) is 6.29. The Morgan fingerprint density at radius 1 is 1.70 bits per heavy atom. The Bertz CT molecular complexity index is 159. The Kier molecular flexibility index (Phi) is 4.25. The van der Waals surface area contributed by atoms with Crippen LogP contribution in [0, 0.1) is 22.5 Å². The number of nitrogens with zero attached hydrogens (tertiary/aromatic N) is 2. The second kappa shape index (κ2) is 3.69. The lowest BCUT2D eigenvalue weighted by Crippen LogP contribution is -2.18. The third-order valence-corrected chi connectivity index (χ3v) is 0.685. The Labute approximate surface area is 59.5 Å². The molecule has 0 amide bonds. The van der Waals surface area contributed by atoms with E-state index in [0.717, 1.165) is 0 Å². The van der Waals surface area contributed by atoms with Gasteiger partial charge in [0.05, 0.1) is 0 Å². The van der Waals surface area contributed by atoms with Crippen molar-refractivity contribution in [3.05, 3.63) is 15.5 Å². The van der Waals surface area contributed by atoms with Crippen molar-refractivity contribution in [2.45, 2.75) is 19.4 Å². The molecule has 5 nitrogen and oxygen atoms in total. The van der Waals surface area contributed by atoms with E-state index in [9.17, 15) is 10.1 Å². The molecule has 0 heterocycles. The van der Waals surface area contributed by atoms with Crippen LogP contribution in [0.5, 0.6) is 0 Å². The van der Waals surface area contributed by atoms with Gasteiger partial charge in [-0.15, -0.1) is 12.3 Å². The minimum absolute atomic E-state index is 0. The summed E-state index contributed by atoms with van der Waals surface area (Å²) in [5, 5.41) is 8.94. The van der Waals surface area contributed by atoms with Crippen molar-refractivity contribution in [2.24, 2.45) is 0 Å². The molecular weight excluding hydrogens is 134 g/mol. The molecule has 58 valence electrons. The lowest BCUT2D eigenvalue weighted by molar-refractivity contribution is -0.433. The molecule has 0 radical (unpaired) electrons. The number of quaternary nitrogens is 1. The highest BCUT2D eigenvalue weighted by Gasteiger charge is 2.05. The highest BCUT2D eigenvalue weighted by Crippen LogP contribution is 2.12. The van der Waals surface area contributed by atoms with Crippen LogP contribution in [0.25, 0.3) is 5.43 Å². The molecule has 0 unspecified atom stereocenters. The van der Waals surface area contributed by atoms with Crippen molar-refractivity contribution < 1.29 is 5.03 Å². The second-order valence-electron chi connectivity index (χ2n) is 2.04. The molecule has 0 atom stereocenters. The van der Waals surface area contributed by atoms with Crippen LogP contribution >= 0.6 is 0 Å². The predicted molar refractivity (Wildman–Crippen MR) is 39.3 cm³/mol. The summed E-state index contributed by atoms with van der Waals surface area (Å²) in [5.74, 6) is 2.16. The summed E-state index contributed by atoms with van der Waals surface area (Å²) < 4.78 is 0. The van der Waals surface area contributed by atoms with Gasteiger partial charge in [-0.3, -0.25) is 10.1 Å². The summed E-state index contributed by atoms with van der Waals surface area (Å²) in [4.78, 5) is 9.72.